The Morgan fingerprint density at radius 3 is 1.17 bits per heavy atom. The average molecular weight is 683 g/mol. The van der Waals surface area contributed by atoms with E-state index in [0.29, 0.717) is 0 Å². The highest BCUT2D eigenvalue weighted by Gasteiger charge is 2.18. The quantitative estimate of drug-likeness (QED) is 0.128. The van der Waals surface area contributed by atoms with E-state index in [4.69, 9.17) is 0 Å². The standard InChI is InChI=1S/C54H34/c1-3-15-42-35(12-1)14-11-23-43(42)37-24-29-39(30-25-37)52-47-19-7-9-21-49(47)53(50-22-10-8-20-48(50)52)40-31-26-38(27-32-40)51-34-41-33-28-36-13-2-4-16-44(36)54(41)46-18-6-5-17-45(46)51/h1-34H. The average Bonchev–Trinajstić information content (AvgIpc) is 3.25. The molecule has 11 aromatic carbocycles. The lowest BCUT2D eigenvalue weighted by Gasteiger charge is -2.18. The molecule has 0 aliphatic heterocycles. The van der Waals surface area contributed by atoms with Crippen LogP contribution >= 0.6 is 0 Å². The molecule has 0 saturated carbocycles. The minimum atomic E-state index is 1.22. The van der Waals surface area contributed by atoms with Gasteiger partial charge in [0.15, 0.2) is 0 Å². The van der Waals surface area contributed by atoms with Gasteiger partial charge in [-0.3, -0.25) is 0 Å². The molecule has 0 heterocycles. The van der Waals surface area contributed by atoms with Gasteiger partial charge in [-0.2, -0.15) is 0 Å². The molecule has 0 bridgehead atoms. The van der Waals surface area contributed by atoms with Crippen molar-refractivity contribution in [2.24, 2.45) is 0 Å². The molecule has 0 unspecified atom stereocenters. The van der Waals surface area contributed by atoms with E-state index < -0.39 is 0 Å². The molecule has 0 N–H and O–H groups in total. The predicted molar refractivity (Wildman–Crippen MR) is 233 cm³/mol. The zero-order valence-electron chi connectivity index (χ0n) is 29.6. The van der Waals surface area contributed by atoms with E-state index in [1.165, 1.54) is 109 Å². The summed E-state index contributed by atoms with van der Waals surface area (Å²) in [4.78, 5) is 0. The first-order valence-corrected chi connectivity index (χ1v) is 18.8. The normalized spacial score (nSPS) is 11.7. The van der Waals surface area contributed by atoms with Crippen LogP contribution in [-0.2, 0) is 0 Å². The number of hydrogen-bond acceptors (Lipinski definition) is 0. The van der Waals surface area contributed by atoms with E-state index in [0.717, 1.165) is 0 Å². The summed E-state index contributed by atoms with van der Waals surface area (Å²) in [6.07, 6.45) is 0. The van der Waals surface area contributed by atoms with E-state index in [-0.39, 0.29) is 0 Å². The van der Waals surface area contributed by atoms with Crippen LogP contribution in [0.2, 0.25) is 0 Å². The summed E-state index contributed by atoms with van der Waals surface area (Å²) < 4.78 is 0. The third-order valence-corrected chi connectivity index (χ3v) is 11.4. The van der Waals surface area contributed by atoms with Gasteiger partial charge in [-0.05, 0) is 115 Å². The van der Waals surface area contributed by atoms with Crippen LogP contribution in [0, 0.1) is 0 Å². The minimum absolute atomic E-state index is 1.22. The molecule has 0 fully saturated rings. The largest absolute Gasteiger partial charge is 0.0616 e. The second-order valence-electron chi connectivity index (χ2n) is 14.4. The molecule has 0 aliphatic carbocycles. The molecule has 0 radical (unpaired) electrons. The predicted octanol–water partition coefficient (Wildman–Crippen LogP) is 15.3. The smallest absolute Gasteiger partial charge is 0.00264 e. The Morgan fingerprint density at radius 1 is 0.204 bits per heavy atom. The summed E-state index contributed by atoms with van der Waals surface area (Å²) in [5, 5.41) is 15.3. The Balaban J connectivity index is 1.06. The van der Waals surface area contributed by atoms with Gasteiger partial charge in [0.1, 0.15) is 0 Å². The van der Waals surface area contributed by atoms with Crippen molar-refractivity contribution in [3.8, 4) is 44.5 Å². The first kappa shape index (κ1) is 30.6. The number of benzene rings is 11. The molecule has 11 rings (SSSR count). The highest BCUT2D eigenvalue weighted by atomic mass is 14.2. The maximum atomic E-state index is 2.38. The van der Waals surface area contributed by atoms with Gasteiger partial charge >= 0.3 is 0 Å². The molecule has 54 heavy (non-hydrogen) atoms. The third kappa shape index (κ3) is 4.78. The Labute approximate surface area is 314 Å². The van der Waals surface area contributed by atoms with Crippen LogP contribution in [0.3, 0.4) is 0 Å². The van der Waals surface area contributed by atoms with E-state index in [1.54, 1.807) is 0 Å². The van der Waals surface area contributed by atoms with Crippen molar-refractivity contribution in [1.29, 1.82) is 0 Å². The van der Waals surface area contributed by atoms with E-state index in [2.05, 4.69) is 206 Å². The molecule has 0 heteroatoms. The molecule has 0 atom stereocenters. The van der Waals surface area contributed by atoms with Crippen molar-refractivity contribution in [3.63, 3.8) is 0 Å². The summed E-state index contributed by atoms with van der Waals surface area (Å²) >= 11 is 0. The van der Waals surface area contributed by atoms with Gasteiger partial charge in [0.05, 0.1) is 0 Å². The SMILES string of the molecule is c1ccc2c(-c3ccc(-c4c5ccccc5c(-c5ccc(-c6cc7ccc8ccccc8c7c7ccccc67)cc5)c5ccccc45)cc3)cccc2c1. The van der Waals surface area contributed by atoms with Crippen molar-refractivity contribution in [3.05, 3.63) is 206 Å². The first-order chi connectivity index (χ1) is 26.8. The van der Waals surface area contributed by atoms with Crippen LogP contribution in [0.25, 0.3) is 109 Å². The fraction of sp³-hybridized carbons (Fsp3) is 0. The Kier molecular flexibility index (Phi) is 6.97. The minimum Gasteiger partial charge on any atom is -0.0616 e. The molecular formula is C54H34. The van der Waals surface area contributed by atoms with E-state index >= 15 is 0 Å². The molecule has 250 valence electrons. The summed E-state index contributed by atoms with van der Waals surface area (Å²) in [6, 6.07) is 76.0. The number of hydrogen-bond donors (Lipinski definition) is 0. The summed E-state index contributed by atoms with van der Waals surface area (Å²) in [6.45, 7) is 0. The fourth-order valence-electron chi connectivity index (χ4n) is 8.98. The van der Waals surface area contributed by atoms with Crippen LogP contribution < -0.4 is 0 Å². The van der Waals surface area contributed by atoms with E-state index in [9.17, 15) is 0 Å². The van der Waals surface area contributed by atoms with Gasteiger partial charge in [0.25, 0.3) is 0 Å². The molecule has 0 nitrogen and oxygen atoms in total. The van der Waals surface area contributed by atoms with Gasteiger partial charge in [0, 0.05) is 0 Å². The molecule has 0 aliphatic rings. The zero-order valence-corrected chi connectivity index (χ0v) is 29.6. The summed E-state index contributed by atoms with van der Waals surface area (Å²) in [5.41, 5.74) is 9.98. The lowest BCUT2D eigenvalue weighted by molar-refractivity contribution is 1.63. The Hall–Kier alpha value is -7.02. The number of fused-ring (bicyclic) bond motifs is 8. The van der Waals surface area contributed by atoms with E-state index in [1.807, 2.05) is 0 Å². The van der Waals surface area contributed by atoms with Crippen LogP contribution in [0.4, 0.5) is 0 Å². The lowest BCUT2D eigenvalue weighted by atomic mass is 9.85. The van der Waals surface area contributed by atoms with Crippen LogP contribution in [0.5, 0.6) is 0 Å². The van der Waals surface area contributed by atoms with Crippen molar-refractivity contribution < 1.29 is 0 Å². The monoisotopic (exact) mass is 682 g/mol. The highest BCUT2D eigenvalue weighted by Crippen LogP contribution is 2.45. The fourth-order valence-corrected chi connectivity index (χ4v) is 8.98. The molecule has 0 spiro atoms. The summed E-state index contributed by atoms with van der Waals surface area (Å²) in [5.74, 6) is 0. The topological polar surface area (TPSA) is 0 Å². The van der Waals surface area contributed by atoms with Gasteiger partial charge in [-0.15, -0.1) is 0 Å². The second kappa shape index (κ2) is 12.3. The second-order valence-corrected chi connectivity index (χ2v) is 14.4. The van der Waals surface area contributed by atoms with Crippen LogP contribution in [0.15, 0.2) is 206 Å². The van der Waals surface area contributed by atoms with Gasteiger partial charge in [0.2, 0.25) is 0 Å². The zero-order chi connectivity index (χ0) is 35.6. The van der Waals surface area contributed by atoms with Crippen molar-refractivity contribution in [1.82, 2.24) is 0 Å². The molecular weight excluding hydrogens is 649 g/mol. The van der Waals surface area contributed by atoms with Gasteiger partial charge in [-0.25, -0.2) is 0 Å². The Morgan fingerprint density at radius 2 is 0.593 bits per heavy atom. The highest BCUT2D eigenvalue weighted by molar-refractivity contribution is 6.24. The van der Waals surface area contributed by atoms with Crippen molar-refractivity contribution in [2.75, 3.05) is 0 Å². The lowest BCUT2D eigenvalue weighted by Crippen LogP contribution is -1.91. The first-order valence-electron chi connectivity index (χ1n) is 18.8. The molecule has 0 amide bonds. The van der Waals surface area contributed by atoms with Gasteiger partial charge < -0.3 is 0 Å². The van der Waals surface area contributed by atoms with Crippen molar-refractivity contribution in [2.45, 2.75) is 0 Å². The maximum absolute atomic E-state index is 2.38. The summed E-state index contributed by atoms with van der Waals surface area (Å²) in [7, 11) is 0. The van der Waals surface area contributed by atoms with Crippen molar-refractivity contribution >= 4 is 64.6 Å². The maximum Gasteiger partial charge on any atom is -0.00264 e. The van der Waals surface area contributed by atoms with Crippen LogP contribution in [0.1, 0.15) is 0 Å². The van der Waals surface area contributed by atoms with Crippen LogP contribution in [-0.4, -0.2) is 0 Å². The molecule has 0 saturated heterocycles. The Bertz CT molecular complexity index is 3180. The molecule has 0 aromatic heterocycles. The molecule has 11 aromatic rings. The number of rotatable bonds is 4. The van der Waals surface area contributed by atoms with Gasteiger partial charge in [-0.1, -0.05) is 200 Å². The third-order valence-electron chi connectivity index (χ3n) is 11.4.